The van der Waals surface area contributed by atoms with Crippen LogP contribution in [0.3, 0.4) is 0 Å². The largest absolute Gasteiger partial charge is 0.481 e. The molecular formula is C13H11F4NO3. The van der Waals surface area contributed by atoms with Crippen LogP contribution >= 0.6 is 0 Å². The van der Waals surface area contributed by atoms with E-state index in [-0.39, 0.29) is 19.2 Å². The van der Waals surface area contributed by atoms with Gasteiger partial charge in [0, 0.05) is 19.2 Å². The molecule has 1 aromatic carbocycles. The molecule has 4 nitrogen and oxygen atoms in total. The highest BCUT2D eigenvalue weighted by atomic mass is 19.2. The molecule has 2 rings (SSSR count). The number of carbonyl (C=O) groups excluding carboxylic acids is 1. The molecule has 1 N–H and O–H groups in total. The quantitative estimate of drug-likeness (QED) is 0.673. The molecule has 0 radical (unpaired) electrons. The Hall–Kier alpha value is -2.12. The van der Waals surface area contributed by atoms with E-state index in [9.17, 15) is 27.2 Å². The molecule has 1 heterocycles. The number of carboxylic acid groups (broad SMARTS) is 1. The molecule has 0 aromatic heterocycles. The van der Waals surface area contributed by atoms with Crippen molar-refractivity contribution in [2.75, 3.05) is 13.1 Å². The fourth-order valence-electron chi connectivity index (χ4n) is 2.28. The lowest BCUT2D eigenvalue weighted by Gasteiger charge is -2.30. The van der Waals surface area contributed by atoms with Gasteiger partial charge in [0.2, 0.25) is 0 Å². The molecule has 0 aliphatic carbocycles. The molecule has 1 aliphatic heterocycles. The fourth-order valence-corrected chi connectivity index (χ4v) is 2.28. The summed E-state index contributed by atoms with van der Waals surface area (Å²) in [5.74, 6) is -10.2. The van der Waals surface area contributed by atoms with E-state index in [4.69, 9.17) is 5.11 Å². The van der Waals surface area contributed by atoms with Crippen molar-refractivity contribution in [2.45, 2.75) is 12.8 Å². The zero-order chi connectivity index (χ0) is 15.7. The van der Waals surface area contributed by atoms with Gasteiger partial charge < -0.3 is 10.0 Å². The van der Waals surface area contributed by atoms with Crippen LogP contribution in [0.1, 0.15) is 23.2 Å². The number of rotatable bonds is 2. The summed E-state index contributed by atoms with van der Waals surface area (Å²) in [4.78, 5) is 23.8. The Morgan fingerprint density at radius 2 is 1.71 bits per heavy atom. The Labute approximate surface area is 117 Å². The molecule has 1 atom stereocenters. The van der Waals surface area contributed by atoms with Crippen LogP contribution in [0.25, 0.3) is 0 Å². The molecule has 114 valence electrons. The van der Waals surface area contributed by atoms with E-state index in [1.165, 1.54) is 0 Å². The van der Waals surface area contributed by atoms with Crippen molar-refractivity contribution < 1.29 is 32.3 Å². The highest BCUT2D eigenvalue weighted by Crippen LogP contribution is 2.24. The maximum absolute atomic E-state index is 13.6. The van der Waals surface area contributed by atoms with E-state index in [0.717, 1.165) is 4.90 Å². The van der Waals surface area contributed by atoms with Crippen molar-refractivity contribution in [3.8, 4) is 0 Å². The molecule has 0 saturated carbocycles. The number of halogens is 4. The van der Waals surface area contributed by atoms with Crippen LogP contribution in [0.15, 0.2) is 6.07 Å². The average Bonchev–Trinajstić information content (AvgIpc) is 2.45. The average molecular weight is 305 g/mol. The van der Waals surface area contributed by atoms with Crippen molar-refractivity contribution in [3.05, 3.63) is 34.9 Å². The van der Waals surface area contributed by atoms with Crippen LogP contribution in [0.2, 0.25) is 0 Å². The van der Waals surface area contributed by atoms with Gasteiger partial charge in [-0.3, -0.25) is 9.59 Å². The van der Waals surface area contributed by atoms with Gasteiger partial charge in [-0.15, -0.1) is 0 Å². The second-order valence-corrected chi connectivity index (χ2v) is 4.77. The molecule has 8 heteroatoms. The van der Waals surface area contributed by atoms with E-state index in [2.05, 4.69) is 0 Å². The Bertz CT molecular complexity index is 579. The van der Waals surface area contributed by atoms with Gasteiger partial charge >= 0.3 is 5.97 Å². The third kappa shape index (κ3) is 2.84. The summed E-state index contributed by atoms with van der Waals surface area (Å²) in [7, 11) is 0. The first-order valence-corrected chi connectivity index (χ1v) is 6.18. The molecule has 1 saturated heterocycles. The van der Waals surface area contributed by atoms with Crippen LogP contribution in [0.5, 0.6) is 0 Å². The first kappa shape index (κ1) is 15.3. The highest BCUT2D eigenvalue weighted by Gasteiger charge is 2.33. The summed E-state index contributed by atoms with van der Waals surface area (Å²) < 4.78 is 53.3. The van der Waals surface area contributed by atoms with E-state index >= 15 is 0 Å². The number of carboxylic acids is 1. The van der Waals surface area contributed by atoms with E-state index in [0.29, 0.717) is 12.8 Å². The van der Waals surface area contributed by atoms with E-state index in [1.807, 2.05) is 0 Å². The van der Waals surface area contributed by atoms with Gasteiger partial charge in [-0.05, 0) is 12.8 Å². The molecule has 0 bridgehead atoms. The monoisotopic (exact) mass is 305 g/mol. The Morgan fingerprint density at radius 1 is 1.14 bits per heavy atom. The summed E-state index contributed by atoms with van der Waals surface area (Å²) >= 11 is 0. The van der Waals surface area contributed by atoms with E-state index in [1.54, 1.807) is 0 Å². The molecule has 0 spiro atoms. The van der Waals surface area contributed by atoms with Crippen molar-refractivity contribution in [3.63, 3.8) is 0 Å². The zero-order valence-corrected chi connectivity index (χ0v) is 10.7. The van der Waals surface area contributed by atoms with Gasteiger partial charge in [-0.1, -0.05) is 0 Å². The summed E-state index contributed by atoms with van der Waals surface area (Å²) in [6.45, 7) is -0.190. The van der Waals surface area contributed by atoms with Crippen molar-refractivity contribution in [2.24, 2.45) is 5.92 Å². The van der Waals surface area contributed by atoms with Crippen LogP contribution in [-0.4, -0.2) is 35.0 Å². The predicted molar refractivity (Wildman–Crippen MR) is 62.5 cm³/mol. The number of piperidine rings is 1. The van der Waals surface area contributed by atoms with Crippen LogP contribution < -0.4 is 0 Å². The maximum Gasteiger partial charge on any atom is 0.308 e. The second kappa shape index (κ2) is 5.71. The maximum atomic E-state index is 13.6. The van der Waals surface area contributed by atoms with Crippen LogP contribution in [0, 0.1) is 29.2 Å². The van der Waals surface area contributed by atoms with Gasteiger partial charge in [0.15, 0.2) is 23.3 Å². The minimum atomic E-state index is -1.78. The zero-order valence-electron chi connectivity index (χ0n) is 10.7. The SMILES string of the molecule is O=C(O)C1CCCN(C(=O)c2c(F)c(F)cc(F)c2F)C1. The second-order valence-electron chi connectivity index (χ2n) is 4.77. The fraction of sp³-hybridized carbons (Fsp3) is 0.385. The first-order valence-electron chi connectivity index (χ1n) is 6.18. The Kier molecular flexibility index (Phi) is 4.15. The van der Waals surface area contributed by atoms with Crippen LogP contribution in [-0.2, 0) is 4.79 Å². The Morgan fingerprint density at radius 3 is 2.24 bits per heavy atom. The lowest BCUT2D eigenvalue weighted by Crippen LogP contribution is -2.43. The van der Waals surface area contributed by atoms with E-state index < -0.39 is 46.6 Å². The summed E-state index contributed by atoms with van der Waals surface area (Å²) in [6.07, 6.45) is 0.644. The van der Waals surface area contributed by atoms with Gasteiger partial charge in [0.25, 0.3) is 5.91 Å². The minimum Gasteiger partial charge on any atom is -0.481 e. The molecule has 1 amide bonds. The highest BCUT2D eigenvalue weighted by molar-refractivity contribution is 5.95. The normalized spacial score (nSPS) is 18.7. The van der Waals surface area contributed by atoms with Crippen molar-refractivity contribution in [1.82, 2.24) is 4.90 Å². The van der Waals surface area contributed by atoms with Crippen LogP contribution in [0.4, 0.5) is 17.6 Å². The number of amides is 1. The standard InChI is InChI=1S/C13H11F4NO3/c14-7-4-8(15)11(17)9(10(7)16)12(19)18-3-1-2-6(5-18)13(20)21/h4,6H,1-3,5H2,(H,20,21). The topological polar surface area (TPSA) is 57.6 Å². The number of hydrogen-bond acceptors (Lipinski definition) is 2. The van der Waals surface area contributed by atoms with Gasteiger partial charge in [-0.2, -0.15) is 0 Å². The summed E-state index contributed by atoms with van der Waals surface area (Å²) in [6, 6.07) is 0.0116. The number of benzene rings is 1. The summed E-state index contributed by atoms with van der Waals surface area (Å²) in [5.41, 5.74) is -1.33. The molecular weight excluding hydrogens is 294 g/mol. The lowest BCUT2D eigenvalue weighted by atomic mass is 9.97. The van der Waals surface area contributed by atoms with Crippen molar-refractivity contribution >= 4 is 11.9 Å². The Balaban J connectivity index is 2.34. The number of carbonyl (C=O) groups is 2. The minimum absolute atomic E-state index is 0.0116. The van der Waals surface area contributed by atoms with Gasteiger partial charge in [-0.25, -0.2) is 17.6 Å². The molecule has 1 aromatic rings. The molecule has 21 heavy (non-hydrogen) atoms. The summed E-state index contributed by atoms with van der Waals surface area (Å²) in [5, 5.41) is 8.90. The molecule has 1 fully saturated rings. The lowest BCUT2D eigenvalue weighted by molar-refractivity contribution is -0.143. The molecule has 1 unspecified atom stereocenters. The number of hydrogen-bond donors (Lipinski definition) is 1. The smallest absolute Gasteiger partial charge is 0.308 e. The first-order chi connectivity index (χ1) is 9.82. The molecule has 1 aliphatic rings. The number of aliphatic carboxylic acids is 1. The number of likely N-dealkylation sites (tertiary alicyclic amines) is 1. The third-order valence-electron chi connectivity index (χ3n) is 3.38. The van der Waals surface area contributed by atoms with Gasteiger partial charge in [0.05, 0.1) is 5.92 Å². The number of nitrogens with zero attached hydrogens (tertiary/aromatic N) is 1. The predicted octanol–water partition coefficient (Wildman–Crippen LogP) is 2.18. The third-order valence-corrected chi connectivity index (χ3v) is 3.38. The van der Waals surface area contributed by atoms with Crippen molar-refractivity contribution in [1.29, 1.82) is 0 Å². The van der Waals surface area contributed by atoms with Gasteiger partial charge in [0.1, 0.15) is 5.56 Å².